The van der Waals surface area contributed by atoms with Crippen molar-refractivity contribution in [1.82, 2.24) is 15.5 Å². The first-order valence-corrected chi connectivity index (χ1v) is 7.29. The Morgan fingerprint density at radius 2 is 2.00 bits per heavy atom. The number of nitrogens with zero attached hydrogens (tertiary/aromatic N) is 1. The van der Waals surface area contributed by atoms with Crippen molar-refractivity contribution in [3.05, 3.63) is 0 Å². The smallest absolute Gasteiger partial charge is 0.223 e. The van der Waals surface area contributed by atoms with E-state index < -0.39 is 0 Å². The van der Waals surface area contributed by atoms with Gasteiger partial charge in [-0.1, -0.05) is 6.92 Å². The second-order valence-electron chi connectivity index (χ2n) is 6.13. The highest BCUT2D eigenvalue weighted by Gasteiger charge is 2.30. The molecule has 1 saturated carbocycles. The van der Waals surface area contributed by atoms with E-state index in [1.807, 2.05) is 0 Å². The van der Waals surface area contributed by atoms with Gasteiger partial charge in [0.1, 0.15) is 0 Å². The van der Waals surface area contributed by atoms with Gasteiger partial charge in [0.15, 0.2) is 0 Å². The molecule has 0 aromatic heterocycles. The van der Waals surface area contributed by atoms with E-state index in [0.29, 0.717) is 23.9 Å². The number of rotatable bonds is 5. The molecule has 104 valence electrons. The van der Waals surface area contributed by atoms with Gasteiger partial charge in [-0.05, 0) is 39.2 Å². The fourth-order valence-electron chi connectivity index (χ4n) is 2.76. The van der Waals surface area contributed by atoms with Gasteiger partial charge in [0, 0.05) is 37.6 Å². The Labute approximate surface area is 110 Å². The minimum Gasteiger partial charge on any atom is -0.355 e. The Morgan fingerprint density at radius 1 is 1.28 bits per heavy atom. The van der Waals surface area contributed by atoms with Crippen molar-refractivity contribution in [2.45, 2.75) is 45.2 Å². The standard InChI is InChI=1S/C14H27N3O/c1-10-9-17(3)11(2)8-13(10)15-6-7-16-14(18)12-4-5-12/h10-13,15H,4-9H2,1-3H3,(H,16,18). The molecule has 2 aliphatic rings. The summed E-state index contributed by atoms with van der Waals surface area (Å²) in [6, 6.07) is 1.24. The lowest BCUT2D eigenvalue weighted by molar-refractivity contribution is -0.122. The summed E-state index contributed by atoms with van der Waals surface area (Å²) in [5.41, 5.74) is 0. The van der Waals surface area contributed by atoms with E-state index >= 15 is 0 Å². The maximum absolute atomic E-state index is 11.5. The largest absolute Gasteiger partial charge is 0.355 e. The van der Waals surface area contributed by atoms with Crippen molar-refractivity contribution in [2.75, 3.05) is 26.7 Å². The summed E-state index contributed by atoms with van der Waals surface area (Å²) in [6.45, 7) is 7.41. The monoisotopic (exact) mass is 253 g/mol. The Bertz CT molecular complexity index is 291. The van der Waals surface area contributed by atoms with Crippen molar-refractivity contribution < 1.29 is 4.79 Å². The number of likely N-dealkylation sites (tertiary alicyclic amines) is 1. The van der Waals surface area contributed by atoms with Crippen molar-refractivity contribution in [2.24, 2.45) is 11.8 Å². The molecule has 0 bridgehead atoms. The van der Waals surface area contributed by atoms with Gasteiger partial charge in [-0.2, -0.15) is 0 Å². The summed E-state index contributed by atoms with van der Waals surface area (Å²) in [7, 11) is 2.20. The molecule has 1 aliphatic heterocycles. The summed E-state index contributed by atoms with van der Waals surface area (Å²) in [5.74, 6) is 1.26. The number of carbonyl (C=O) groups excluding carboxylic acids is 1. The van der Waals surface area contributed by atoms with Crippen LogP contribution in [0.4, 0.5) is 0 Å². The summed E-state index contributed by atoms with van der Waals surface area (Å²) in [5, 5.41) is 6.60. The highest BCUT2D eigenvalue weighted by molar-refractivity contribution is 5.80. The second-order valence-corrected chi connectivity index (χ2v) is 6.13. The number of hydrogen-bond donors (Lipinski definition) is 2. The lowest BCUT2D eigenvalue weighted by Gasteiger charge is -2.40. The van der Waals surface area contributed by atoms with Crippen molar-refractivity contribution in [3.8, 4) is 0 Å². The quantitative estimate of drug-likeness (QED) is 0.713. The van der Waals surface area contributed by atoms with Crippen LogP contribution in [0, 0.1) is 11.8 Å². The predicted octanol–water partition coefficient (Wildman–Crippen LogP) is 0.831. The second kappa shape index (κ2) is 6.02. The molecule has 0 aromatic rings. The van der Waals surface area contributed by atoms with E-state index in [2.05, 4.69) is 36.4 Å². The number of carbonyl (C=O) groups is 1. The average molecular weight is 253 g/mol. The van der Waals surface area contributed by atoms with Gasteiger partial charge in [0.2, 0.25) is 5.91 Å². The Hall–Kier alpha value is -0.610. The fourth-order valence-corrected chi connectivity index (χ4v) is 2.76. The van der Waals surface area contributed by atoms with E-state index in [1.54, 1.807) is 0 Å². The Kier molecular flexibility index (Phi) is 4.62. The van der Waals surface area contributed by atoms with Crippen molar-refractivity contribution >= 4 is 5.91 Å². The predicted molar refractivity (Wildman–Crippen MR) is 73.4 cm³/mol. The van der Waals surface area contributed by atoms with E-state index in [-0.39, 0.29) is 5.91 Å². The maximum atomic E-state index is 11.5. The van der Waals surface area contributed by atoms with Gasteiger partial charge in [-0.25, -0.2) is 0 Å². The van der Waals surface area contributed by atoms with E-state index in [0.717, 1.165) is 32.5 Å². The van der Waals surface area contributed by atoms with Crippen LogP contribution in [-0.4, -0.2) is 49.6 Å². The lowest BCUT2D eigenvalue weighted by Crippen LogP contribution is -2.52. The summed E-state index contributed by atoms with van der Waals surface area (Å²) in [4.78, 5) is 13.9. The molecule has 1 aliphatic carbocycles. The highest BCUT2D eigenvalue weighted by atomic mass is 16.2. The van der Waals surface area contributed by atoms with Crippen LogP contribution in [-0.2, 0) is 4.79 Å². The third kappa shape index (κ3) is 3.69. The average Bonchev–Trinajstić information content (AvgIpc) is 3.14. The molecular weight excluding hydrogens is 226 g/mol. The zero-order valence-corrected chi connectivity index (χ0v) is 11.9. The molecule has 2 fully saturated rings. The summed E-state index contributed by atoms with van der Waals surface area (Å²) < 4.78 is 0. The first-order chi connectivity index (χ1) is 8.58. The SMILES string of the molecule is CC1CN(C)C(C)CC1NCCNC(=O)C1CC1. The molecule has 1 amide bonds. The molecule has 0 radical (unpaired) electrons. The third-order valence-electron chi connectivity index (χ3n) is 4.39. The first-order valence-electron chi connectivity index (χ1n) is 7.29. The van der Waals surface area contributed by atoms with Gasteiger partial charge < -0.3 is 15.5 Å². The maximum Gasteiger partial charge on any atom is 0.223 e. The van der Waals surface area contributed by atoms with Crippen LogP contribution in [0.3, 0.4) is 0 Å². The molecule has 0 spiro atoms. The normalized spacial score (nSPS) is 33.4. The van der Waals surface area contributed by atoms with E-state index in [4.69, 9.17) is 0 Å². The van der Waals surface area contributed by atoms with Gasteiger partial charge in [-0.15, -0.1) is 0 Å². The van der Waals surface area contributed by atoms with Gasteiger partial charge in [0.05, 0.1) is 0 Å². The van der Waals surface area contributed by atoms with E-state index in [9.17, 15) is 4.79 Å². The molecule has 3 atom stereocenters. The highest BCUT2D eigenvalue weighted by Crippen LogP contribution is 2.28. The fraction of sp³-hybridized carbons (Fsp3) is 0.929. The van der Waals surface area contributed by atoms with Gasteiger partial charge in [0.25, 0.3) is 0 Å². The van der Waals surface area contributed by atoms with Gasteiger partial charge >= 0.3 is 0 Å². The minimum absolute atomic E-state index is 0.251. The van der Waals surface area contributed by atoms with Crippen LogP contribution in [0.2, 0.25) is 0 Å². The molecular formula is C14H27N3O. The van der Waals surface area contributed by atoms with Crippen LogP contribution in [0.25, 0.3) is 0 Å². The number of piperidine rings is 1. The molecule has 18 heavy (non-hydrogen) atoms. The van der Waals surface area contributed by atoms with Crippen LogP contribution in [0.5, 0.6) is 0 Å². The molecule has 1 saturated heterocycles. The molecule has 4 nitrogen and oxygen atoms in total. The van der Waals surface area contributed by atoms with Crippen LogP contribution in [0.15, 0.2) is 0 Å². The van der Waals surface area contributed by atoms with Gasteiger partial charge in [-0.3, -0.25) is 4.79 Å². The van der Waals surface area contributed by atoms with E-state index in [1.165, 1.54) is 6.42 Å². The topological polar surface area (TPSA) is 44.4 Å². The van der Waals surface area contributed by atoms with Crippen molar-refractivity contribution in [1.29, 1.82) is 0 Å². The van der Waals surface area contributed by atoms with Crippen LogP contribution < -0.4 is 10.6 Å². The molecule has 0 aromatic carbocycles. The zero-order valence-electron chi connectivity index (χ0n) is 11.9. The molecule has 4 heteroatoms. The number of nitrogens with one attached hydrogen (secondary N) is 2. The molecule has 3 unspecified atom stereocenters. The van der Waals surface area contributed by atoms with Crippen molar-refractivity contribution in [3.63, 3.8) is 0 Å². The first kappa shape index (κ1) is 13.8. The molecule has 2 N–H and O–H groups in total. The number of hydrogen-bond acceptors (Lipinski definition) is 3. The molecule has 1 heterocycles. The third-order valence-corrected chi connectivity index (χ3v) is 4.39. The zero-order chi connectivity index (χ0) is 13.1. The minimum atomic E-state index is 0.251. The Morgan fingerprint density at radius 3 is 2.67 bits per heavy atom. The summed E-state index contributed by atoms with van der Waals surface area (Å²) >= 11 is 0. The lowest BCUT2D eigenvalue weighted by atomic mass is 9.90. The molecule has 2 rings (SSSR count). The Balaban J connectivity index is 1.61. The van der Waals surface area contributed by atoms with Crippen LogP contribution >= 0.6 is 0 Å². The number of amides is 1. The van der Waals surface area contributed by atoms with Crippen LogP contribution in [0.1, 0.15) is 33.1 Å². The summed E-state index contributed by atoms with van der Waals surface area (Å²) in [6.07, 6.45) is 3.37.